The molecule has 3 N–H and O–H groups in total. The summed E-state index contributed by atoms with van der Waals surface area (Å²) >= 11 is 6.03. The second-order valence-corrected chi connectivity index (χ2v) is 4.70. The lowest BCUT2D eigenvalue weighted by Crippen LogP contribution is -1.93. The number of nitrogens with zero attached hydrogens (tertiary/aromatic N) is 2. The quantitative estimate of drug-likeness (QED) is 0.434. The molecule has 0 unspecified atom stereocenters. The number of hydrogen-bond donors (Lipinski definition) is 2. The highest BCUT2D eigenvalue weighted by atomic mass is 35.5. The molecule has 0 amide bonds. The van der Waals surface area contributed by atoms with Gasteiger partial charge in [-0.1, -0.05) is 11.6 Å². The van der Waals surface area contributed by atoms with Crippen molar-refractivity contribution in [2.45, 2.75) is 0 Å². The predicted octanol–water partition coefficient (Wildman–Crippen LogP) is 3.72. The van der Waals surface area contributed by atoms with E-state index in [4.69, 9.17) is 21.8 Å². The van der Waals surface area contributed by atoms with E-state index in [1.807, 2.05) is 0 Å². The van der Waals surface area contributed by atoms with E-state index in [9.17, 15) is 10.1 Å². The van der Waals surface area contributed by atoms with Gasteiger partial charge >= 0.3 is 0 Å². The number of halogens is 1. The van der Waals surface area contributed by atoms with Crippen molar-refractivity contribution in [2.24, 2.45) is 0 Å². The van der Waals surface area contributed by atoms with Crippen LogP contribution in [0.15, 0.2) is 40.8 Å². The second kappa shape index (κ2) is 4.95. The minimum Gasteiger partial charge on any atom is -0.423 e. The minimum absolute atomic E-state index is 0.0628. The Hall–Kier alpha value is -2.80. The number of nitrogen functional groups attached to an aromatic ring is 1. The Morgan fingerprint density at radius 3 is 2.86 bits per heavy atom. The van der Waals surface area contributed by atoms with Crippen LogP contribution in [0, 0.1) is 10.1 Å². The second-order valence-electron chi connectivity index (χ2n) is 4.29. The van der Waals surface area contributed by atoms with E-state index in [1.165, 1.54) is 18.2 Å². The Morgan fingerprint density at radius 2 is 2.10 bits per heavy atom. The topological polar surface area (TPSA) is 107 Å². The molecule has 0 aliphatic carbocycles. The van der Waals surface area contributed by atoms with Crippen LogP contribution in [0.3, 0.4) is 0 Å². The third kappa shape index (κ3) is 2.59. The van der Waals surface area contributed by atoms with Crippen molar-refractivity contribution in [3.63, 3.8) is 0 Å². The molecule has 0 spiro atoms. The van der Waals surface area contributed by atoms with E-state index < -0.39 is 4.92 Å². The van der Waals surface area contributed by atoms with Gasteiger partial charge in [0.15, 0.2) is 5.58 Å². The number of aromatic nitrogens is 1. The summed E-state index contributed by atoms with van der Waals surface area (Å²) in [7, 11) is 0. The molecule has 1 aromatic heterocycles. The molecule has 0 aliphatic heterocycles. The molecule has 1 heterocycles. The maximum Gasteiger partial charge on any atom is 0.300 e. The molecule has 2 aromatic carbocycles. The van der Waals surface area contributed by atoms with E-state index in [0.717, 1.165) is 0 Å². The Balaban J connectivity index is 1.97. The van der Waals surface area contributed by atoms with Crippen molar-refractivity contribution in [3.8, 4) is 0 Å². The maximum atomic E-state index is 10.7. The van der Waals surface area contributed by atoms with Gasteiger partial charge in [-0.25, -0.2) is 0 Å². The van der Waals surface area contributed by atoms with Crippen LogP contribution in [0.1, 0.15) is 0 Å². The fourth-order valence-electron chi connectivity index (χ4n) is 1.83. The molecule has 0 saturated carbocycles. The molecule has 106 valence electrons. The molecule has 0 bridgehead atoms. The summed E-state index contributed by atoms with van der Waals surface area (Å²) in [6.45, 7) is 0. The van der Waals surface area contributed by atoms with Crippen molar-refractivity contribution in [1.82, 2.24) is 4.98 Å². The first kappa shape index (κ1) is 13.2. The van der Waals surface area contributed by atoms with E-state index >= 15 is 0 Å². The summed E-state index contributed by atoms with van der Waals surface area (Å²) in [5.41, 5.74) is 7.51. The van der Waals surface area contributed by atoms with Crippen LogP contribution in [0.4, 0.5) is 23.1 Å². The van der Waals surface area contributed by atoms with Gasteiger partial charge < -0.3 is 15.5 Å². The Labute approximate surface area is 123 Å². The average Bonchev–Trinajstić information content (AvgIpc) is 2.84. The summed E-state index contributed by atoms with van der Waals surface area (Å²) in [5, 5.41) is 14.1. The predicted molar refractivity (Wildman–Crippen MR) is 79.8 cm³/mol. The summed E-state index contributed by atoms with van der Waals surface area (Å²) in [6, 6.07) is 9.33. The van der Waals surface area contributed by atoms with Gasteiger partial charge in [-0.05, 0) is 24.3 Å². The molecule has 0 saturated heterocycles. The zero-order valence-corrected chi connectivity index (χ0v) is 11.3. The number of benzene rings is 2. The average molecular weight is 305 g/mol. The first-order valence-corrected chi connectivity index (χ1v) is 6.28. The van der Waals surface area contributed by atoms with Crippen molar-refractivity contribution >= 4 is 45.8 Å². The Bertz CT molecular complexity index is 847. The number of nitrogens with one attached hydrogen (secondary N) is 1. The van der Waals surface area contributed by atoms with Gasteiger partial charge in [-0.3, -0.25) is 10.1 Å². The molecule has 3 aromatic rings. The number of nitrogens with two attached hydrogens (primary N) is 1. The molecule has 0 atom stereocenters. The number of fused-ring (bicyclic) bond motifs is 1. The van der Waals surface area contributed by atoms with Crippen LogP contribution in [-0.2, 0) is 0 Å². The number of oxazole rings is 1. The minimum atomic E-state index is -0.496. The Kier molecular flexibility index (Phi) is 3.11. The van der Waals surface area contributed by atoms with Crippen molar-refractivity contribution in [3.05, 3.63) is 51.5 Å². The molecular formula is C13H9ClN4O3. The van der Waals surface area contributed by atoms with Crippen LogP contribution in [-0.4, -0.2) is 9.91 Å². The first-order valence-electron chi connectivity index (χ1n) is 5.90. The number of nitro benzene ring substituents is 1. The van der Waals surface area contributed by atoms with Crippen LogP contribution < -0.4 is 11.1 Å². The smallest absolute Gasteiger partial charge is 0.300 e. The summed E-state index contributed by atoms with van der Waals surface area (Å²) < 4.78 is 5.43. The zero-order chi connectivity index (χ0) is 15.0. The highest BCUT2D eigenvalue weighted by Crippen LogP contribution is 2.29. The molecule has 0 fully saturated rings. The molecule has 7 nitrogen and oxygen atoms in total. The summed E-state index contributed by atoms with van der Waals surface area (Å²) in [6.07, 6.45) is 0. The number of anilines is 3. The zero-order valence-electron chi connectivity index (χ0n) is 10.5. The summed E-state index contributed by atoms with van der Waals surface area (Å²) in [4.78, 5) is 14.4. The van der Waals surface area contributed by atoms with Crippen LogP contribution in [0.5, 0.6) is 0 Å². The SMILES string of the molecule is Nc1ccc(Cl)c(Nc2nc3ccc([N+](=O)[O-])cc3o2)c1. The van der Waals surface area contributed by atoms with Crippen molar-refractivity contribution in [2.75, 3.05) is 11.1 Å². The maximum absolute atomic E-state index is 10.7. The number of hydrogen-bond acceptors (Lipinski definition) is 6. The third-order valence-electron chi connectivity index (χ3n) is 2.81. The van der Waals surface area contributed by atoms with Gasteiger partial charge in [-0.2, -0.15) is 4.98 Å². The number of nitro groups is 1. The lowest BCUT2D eigenvalue weighted by Gasteiger charge is -2.04. The van der Waals surface area contributed by atoms with Gasteiger partial charge in [-0.15, -0.1) is 0 Å². The highest BCUT2D eigenvalue weighted by Gasteiger charge is 2.12. The molecule has 3 rings (SSSR count). The van der Waals surface area contributed by atoms with E-state index in [-0.39, 0.29) is 11.7 Å². The fourth-order valence-corrected chi connectivity index (χ4v) is 2.00. The largest absolute Gasteiger partial charge is 0.423 e. The van der Waals surface area contributed by atoms with E-state index in [0.29, 0.717) is 27.5 Å². The number of non-ortho nitro benzene ring substituents is 1. The van der Waals surface area contributed by atoms with Gasteiger partial charge in [0.05, 0.1) is 21.7 Å². The van der Waals surface area contributed by atoms with Gasteiger partial charge in [0.2, 0.25) is 0 Å². The fraction of sp³-hybridized carbons (Fsp3) is 0. The molecular weight excluding hydrogens is 296 g/mol. The van der Waals surface area contributed by atoms with E-state index in [1.54, 1.807) is 18.2 Å². The van der Waals surface area contributed by atoms with Crippen molar-refractivity contribution in [1.29, 1.82) is 0 Å². The van der Waals surface area contributed by atoms with Gasteiger partial charge in [0, 0.05) is 11.8 Å². The number of rotatable bonds is 3. The van der Waals surface area contributed by atoms with E-state index in [2.05, 4.69) is 10.3 Å². The molecule has 21 heavy (non-hydrogen) atoms. The van der Waals surface area contributed by atoms with Crippen LogP contribution in [0.2, 0.25) is 5.02 Å². The van der Waals surface area contributed by atoms with Gasteiger partial charge in [0.1, 0.15) is 5.52 Å². The normalized spacial score (nSPS) is 10.7. The molecule has 0 aliphatic rings. The van der Waals surface area contributed by atoms with Crippen LogP contribution in [0.25, 0.3) is 11.1 Å². The molecule has 8 heteroatoms. The first-order chi connectivity index (χ1) is 10.0. The Morgan fingerprint density at radius 1 is 1.29 bits per heavy atom. The lowest BCUT2D eigenvalue weighted by molar-refractivity contribution is -0.384. The van der Waals surface area contributed by atoms with Gasteiger partial charge in [0.25, 0.3) is 11.7 Å². The highest BCUT2D eigenvalue weighted by molar-refractivity contribution is 6.33. The monoisotopic (exact) mass is 304 g/mol. The lowest BCUT2D eigenvalue weighted by atomic mass is 10.3. The molecule has 0 radical (unpaired) electrons. The third-order valence-corrected chi connectivity index (χ3v) is 3.14. The van der Waals surface area contributed by atoms with Crippen LogP contribution >= 0.6 is 11.6 Å². The van der Waals surface area contributed by atoms with Crippen molar-refractivity contribution < 1.29 is 9.34 Å². The summed E-state index contributed by atoms with van der Waals surface area (Å²) in [5.74, 6) is 0. The standard InChI is InChI=1S/C13H9ClN4O3/c14-9-3-1-7(15)5-11(9)17-13-16-10-4-2-8(18(19)20)6-12(10)21-13/h1-6H,15H2,(H,16,17).